The van der Waals surface area contributed by atoms with Crippen molar-refractivity contribution >= 4 is 58.7 Å². The molecule has 17 nitrogen and oxygen atoms in total. The summed E-state index contributed by atoms with van der Waals surface area (Å²) in [5.74, 6) is 0.269. The summed E-state index contributed by atoms with van der Waals surface area (Å²) in [7, 11) is 0. The molecule has 74 heavy (non-hydrogen) atoms. The van der Waals surface area contributed by atoms with E-state index in [-0.39, 0.29) is 55.5 Å². The zero-order valence-electron chi connectivity index (χ0n) is 43.5. The number of amides is 6. The summed E-state index contributed by atoms with van der Waals surface area (Å²) in [5.41, 5.74) is 5.52. The number of pyridine rings is 2. The number of anilines is 1. The van der Waals surface area contributed by atoms with Crippen LogP contribution < -0.4 is 20.9 Å². The molecule has 4 N–H and O–H groups in total. The highest BCUT2D eigenvalue weighted by Gasteiger charge is 2.44. The van der Waals surface area contributed by atoms with Gasteiger partial charge in [-0.3, -0.25) is 33.8 Å². The minimum atomic E-state index is -0.910. The van der Waals surface area contributed by atoms with Gasteiger partial charge < -0.3 is 40.7 Å². The Morgan fingerprint density at radius 2 is 1.59 bits per heavy atom. The molecule has 396 valence electrons. The molecule has 0 bridgehead atoms. The number of thiazole rings is 1. The lowest BCUT2D eigenvalue weighted by molar-refractivity contribution is -0.144. The number of carbonyl (C=O) groups is 6. The molecule has 0 aliphatic carbocycles. The van der Waals surface area contributed by atoms with Crippen LogP contribution in [-0.2, 0) is 30.5 Å². The quantitative estimate of drug-likeness (QED) is 0.0548. The van der Waals surface area contributed by atoms with Gasteiger partial charge in [0.05, 0.1) is 27.7 Å². The number of carbonyl (C=O) groups excluding carboxylic acids is 6. The second-order valence-electron chi connectivity index (χ2n) is 20.9. The molecule has 18 heteroatoms. The summed E-state index contributed by atoms with van der Waals surface area (Å²) in [6, 6.07) is 13.6. The van der Waals surface area contributed by atoms with E-state index < -0.39 is 29.5 Å². The predicted molar refractivity (Wildman–Crippen MR) is 287 cm³/mol. The molecule has 0 saturated carbocycles. The SMILES string of the molecule is Cc1ncsc1-c1ccc(CNC(=O)[C@@H]2C[C@@H](O)CN2C(=O)[C@@H](NC(=O)CCCCCC(=O)N2CCN(c3ccc(C(=O)N4CCC(CCCCNC(=O)/C=C/c5cccnc5)CC4)cn3)CC2)C(C)(C)C)cc1. The topological polar surface area (TPSA) is 210 Å². The smallest absolute Gasteiger partial charge is 0.255 e. The molecule has 0 radical (unpaired) electrons. The normalized spacial score (nSPS) is 17.9. The predicted octanol–water partition coefficient (Wildman–Crippen LogP) is 6.17. The Labute approximate surface area is 439 Å². The summed E-state index contributed by atoms with van der Waals surface area (Å²) < 4.78 is 0. The lowest BCUT2D eigenvalue weighted by Gasteiger charge is -2.35. The van der Waals surface area contributed by atoms with Gasteiger partial charge in [-0.25, -0.2) is 9.97 Å². The van der Waals surface area contributed by atoms with E-state index >= 15 is 0 Å². The van der Waals surface area contributed by atoms with Crippen molar-refractivity contribution in [1.29, 1.82) is 0 Å². The van der Waals surface area contributed by atoms with Crippen LogP contribution in [0, 0.1) is 18.3 Å². The van der Waals surface area contributed by atoms with Gasteiger partial charge in [-0.1, -0.05) is 70.4 Å². The number of nitrogens with one attached hydrogen (secondary N) is 3. The van der Waals surface area contributed by atoms with E-state index in [2.05, 4.69) is 35.8 Å². The highest BCUT2D eigenvalue weighted by atomic mass is 32.1. The zero-order chi connectivity index (χ0) is 52.6. The van der Waals surface area contributed by atoms with Crippen LogP contribution in [-0.4, -0.2) is 141 Å². The van der Waals surface area contributed by atoms with Gasteiger partial charge in [0.1, 0.15) is 17.9 Å². The maximum Gasteiger partial charge on any atom is 0.255 e. The number of piperazine rings is 1. The maximum atomic E-state index is 14.1. The summed E-state index contributed by atoms with van der Waals surface area (Å²) in [5, 5.41) is 19.4. The Kier molecular flexibility index (Phi) is 19.9. The van der Waals surface area contributed by atoms with Crippen molar-refractivity contribution in [2.75, 3.05) is 57.3 Å². The number of hydrogen-bond donors (Lipinski definition) is 4. The number of hydrogen-bond acceptors (Lipinski definition) is 12. The second kappa shape index (κ2) is 26.6. The van der Waals surface area contributed by atoms with Crippen molar-refractivity contribution in [2.45, 2.75) is 123 Å². The highest BCUT2D eigenvalue weighted by molar-refractivity contribution is 7.13. The van der Waals surface area contributed by atoms with Crippen molar-refractivity contribution in [3.8, 4) is 10.4 Å². The van der Waals surface area contributed by atoms with Crippen LogP contribution in [0.3, 0.4) is 0 Å². The van der Waals surface area contributed by atoms with Gasteiger partial charge in [0, 0.05) is 103 Å². The van der Waals surface area contributed by atoms with Crippen molar-refractivity contribution in [3.63, 3.8) is 0 Å². The van der Waals surface area contributed by atoms with Crippen LogP contribution in [0.5, 0.6) is 0 Å². The van der Waals surface area contributed by atoms with Crippen LogP contribution in [0.2, 0.25) is 0 Å². The number of rotatable bonds is 21. The number of nitrogens with zero attached hydrogens (tertiary/aromatic N) is 7. The average Bonchev–Trinajstić information content (AvgIpc) is 4.03. The third-order valence-electron chi connectivity index (χ3n) is 14.3. The fourth-order valence-electron chi connectivity index (χ4n) is 9.88. The van der Waals surface area contributed by atoms with Gasteiger partial charge in [0.15, 0.2) is 0 Å². The molecular weight excluding hydrogens is 957 g/mol. The van der Waals surface area contributed by atoms with Gasteiger partial charge in [-0.05, 0) is 91.3 Å². The molecule has 1 aromatic carbocycles. The largest absolute Gasteiger partial charge is 0.391 e. The first-order valence-corrected chi connectivity index (χ1v) is 27.2. The molecule has 0 unspecified atom stereocenters. The molecule has 4 aromatic rings. The Morgan fingerprint density at radius 3 is 2.27 bits per heavy atom. The molecule has 6 amide bonds. The number of aromatic nitrogens is 3. The van der Waals surface area contributed by atoms with Crippen molar-refractivity contribution in [2.24, 2.45) is 11.3 Å². The third kappa shape index (κ3) is 15.7. The molecule has 3 atom stereocenters. The van der Waals surface area contributed by atoms with E-state index in [1.54, 1.807) is 36.0 Å². The van der Waals surface area contributed by atoms with E-state index in [0.717, 1.165) is 78.3 Å². The van der Waals surface area contributed by atoms with Crippen LogP contribution in [0.4, 0.5) is 5.82 Å². The fraction of sp³-hybridized carbons (Fsp3) is 0.518. The van der Waals surface area contributed by atoms with Crippen LogP contribution in [0.1, 0.15) is 119 Å². The third-order valence-corrected chi connectivity index (χ3v) is 15.3. The van der Waals surface area contributed by atoms with Crippen LogP contribution in [0.15, 0.2) is 78.7 Å². The zero-order valence-corrected chi connectivity index (χ0v) is 44.3. The summed E-state index contributed by atoms with van der Waals surface area (Å²) in [6.07, 6.45) is 15.0. The summed E-state index contributed by atoms with van der Waals surface area (Å²) >= 11 is 1.57. The van der Waals surface area contributed by atoms with E-state index in [9.17, 15) is 33.9 Å². The minimum Gasteiger partial charge on any atom is -0.391 e. The molecule has 6 heterocycles. The number of benzene rings is 1. The lowest BCUT2D eigenvalue weighted by Crippen LogP contribution is -2.57. The number of unbranched alkanes of at least 4 members (excludes halogenated alkanes) is 3. The number of aliphatic hydroxyl groups excluding tert-OH is 1. The molecule has 3 saturated heterocycles. The molecule has 3 fully saturated rings. The van der Waals surface area contributed by atoms with E-state index in [1.165, 1.54) is 11.0 Å². The summed E-state index contributed by atoms with van der Waals surface area (Å²) in [4.78, 5) is 101. The minimum absolute atomic E-state index is 0.000165. The highest BCUT2D eigenvalue weighted by Crippen LogP contribution is 2.29. The van der Waals surface area contributed by atoms with Crippen molar-refractivity contribution < 1.29 is 33.9 Å². The number of likely N-dealkylation sites (tertiary alicyclic amines) is 2. The molecule has 3 aromatic heterocycles. The maximum absolute atomic E-state index is 14.1. The Morgan fingerprint density at radius 1 is 0.838 bits per heavy atom. The summed E-state index contributed by atoms with van der Waals surface area (Å²) in [6.45, 7) is 12.3. The van der Waals surface area contributed by atoms with Crippen LogP contribution in [0.25, 0.3) is 16.5 Å². The molecule has 3 aliphatic heterocycles. The Balaban J connectivity index is 0.752. The Bertz CT molecular complexity index is 2530. The number of piperidine rings is 1. The average molecular weight is 1030 g/mol. The molecular formula is C56H74N10O7S. The van der Waals surface area contributed by atoms with Gasteiger partial charge in [-0.15, -0.1) is 11.3 Å². The van der Waals surface area contributed by atoms with Gasteiger partial charge in [0.2, 0.25) is 29.5 Å². The second-order valence-corrected chi connectivity index (χ2v) is 21.8. The first kappa shape index (κ1) is 55.2. The van der Waals surface area contributed by atoms with E-state index in [4.69, 9.17) is 0 Å². The lowest BCUT2D eigenvalue weighted by atomic mass is 9.85. The van der Waals surface area contributed by atoms with Gasteiger partial charge >= 0.3 is 0 Å². The van der Waals surface area contributed by atoms with Gasteiger partial charge in [-0.2, -0.15) is 0 Å². The van der Waals surface area contributed by atoms with Crippen LogP contribution >= 0.6 is 11.3 Å². The van der Waals surface area contributed by atoms with Crippen molar-refractivity contribution in [1.82, 2.24) is 45.6 Å². The van der Waals surface area contributed by atoms with Gasteiger partial charge in [0.25, 0.3) is 5.91 Å². The number of aryl methyl sites for hydroxylation is 1. The first-order chi connectivity index (χ1) is 35.6. The molecule has 7 rings (SSSR count). The van der Waals surface area contributed by atoms with E-state index in [1.807, 2.05) is 91.5 Å². The van der Waals surface area contributed by atoms with Crippen molar-refractivity contribution in [3.05, 3.63) is 101 Å². The standard InChI is InChI=1S/C56H74N10O7S/c1-39-51(74-38-61-39)43-18-15-42(16-19-43)35-60-53(71)46-33-45(67)37-66(46)55(73)52(56(2,3)4)62-49(69)13-6-5-7-14-50(70)64-31-29-63(30-32-64)47-21-20-44(36-59-47)54(72)65-27-23-40(24-28-65)11-8-9-26-58-48(68)22-17-41-12-10-25-57-34-41/h10,12,15-22,25,34,36,38,40,45-46,52,67H,5-9,11,13-14,23-24,26-33,35,37H2,1-4H3,(H,58,68)(H,60,71)(H,62,69)/b22-17+/t45-,46+,52-/m1/s1. The molecule has 3 aliphatic rings. The Hall–Kier alpha value is -6.53. The monoisotopic (exact) mass is 1030 g/mol. The van der Waals surface area contributed by atoms with E-state index in [0.29, 0.717) is 69.9 Å². The number of aliphatic hydroxyl groups is 1. The number of β-amino-alcohol motifs (C(OH)–C–C–N with tert-alkyl or cyclic N) is 1. The first-order valence-electron chi connectivity index (χ1n) is 26.3. The molecule has 0 spiro atoms. The fourth-order valence-corrected chi connectivity index (χ4v) is 10.7.